The highest BCUT2D eigenvalue weighted by molar-refractivity contribution is 9.11. The van der Waals surface area contributed by atoms with Crippen molar-refractivity contribution in [1.29, 1.82) is 0 Å². The number of ether oxygens (including phenoxy) is 1. The zero-order valence-corrected chi connectivity index (χ0v) is 19.1. The minimum absolute atomic E-state index is 0.0845. The summed E-state index contributed by atoms with van der Waals surface area (Å²) < 4.78 is 5.88. The van der Waals surface area contributed by atoms with Crippen molar-refractivity contribution in [1.82, 2.24) is 4.98 Å². The summed E-state index contributed by atoms with van der Waals surface area (Å²) in [5.41, 5.74) is -0.0945. The number of thiazole rings is 1. The Morgan fingerprint density at radius 1 is 1.36 bits per heavy atom. The molecule has 0 saturated heterocycles. The maximum atomic E-state index is 12.8. The van der Waals surface area contributed by atoms with E-state index >= 15 is 0 Å². The number of aliphatic carboxylic acids is 1. The van der Waals surface area contributed by atoms with E-state index in [0.717, 1.165) is 0 Å². The van der Waals surface area contributed by atoms with Crippen molar-refractivity contribution in [2.75, 3.05) is 11.9 Å². The van der Waals surface area contributed by atoms with Gasteiger partial charge in [-0.25, -0.2) is 4.98 Å². The van der Waals surface area contributed by atoms with E-state index in [2.05, 4.69) is 26.2 Å². The molecule has 2 rings (SSSR count). The number of benzene rings is 1. The molecule has 1 aromatic heterocycles. The van der Waals surface area contributed by atoms with Gasteiger partial charge in [-0.3, -0.25) is 9.59 Å². The molecule has 1 unspecified atom stereocenters. The third-order valence-electron chi connectivity index (χ3n) is 4.25. The van der Waals surface area contributed by atoms with Crippen LogP contribution in [0.2, 0.25) is 10.0 Å². The number of aromatic nitrogens is 1. The van der Waals surface area contributed by atoms with E-state index in [9.17, 15) is 9.59 Å². The summed E-state index contributed by atoms with van der Waals surface area (Å²) >= 11 is 16.9. The monoisotopic (exact) mass is 508 g/mol. The molecule has 2 N–H and O–H groups in total. The Kier molecular flexibility index (Phi) is 8.12. The van der Waals surface area contributed by atoms with E-state index in [1.807, 2.05) is 6.92 Å². The molecule has 0 amide bonds. The van der Waals surface area contributed by atoms with Crippen LogP contribution in [0.3, 0.4) is 0 Å². The Morgan fingerprint density at radius 3 is 2.64 bits per heavy atom. The van der Waals surface area contributed by atoms with Gasteiger partial charge in [0, 0.05) is 11.4 Å². The van der Waals surface area contributed by atoms with E-state index < -0.39 is 17.4 Å². The van der Waals surface area contributed by atoms with Gasteiger partial charge in [0.15, 0.2) is 5.13 Å². The number of hydrogen-bond acceptors (Lipinski definition) is 6. The molecule has 28 heavy (non-hydrogen) atoms. The predicted molar refractivity (Wildman–Crippen MR) is 115 cm³/mol. The van der Waals surface area contributed by atoms with Gasteiger partial charge in [0.05, 0.1) is 26.8 Å². The van der Waals surface area contributed by atoms with E-state index in [4.69, 9.17) is 33.0 Å². The van der Waals surface area contributed by atoms with Gasteiger partial charge in [-0.15, -0.1) is 0 Å². The highest BCUT2D eigenvalue weighted by Gasteiger charge is 2.44. The molecular weight excluding hydrogens is 491 g/mol. The van der Waals surface area contributed by atoms with Gasteiger partial charge in [-0.2, -0.15) is 0 Å². The largest absolute Gasteiger partial charge is 0.481 e. The lowest BCUT2D eigenvalue weighted by Gasteiger charge is -2.28. The first kappa shape index (κ1) is 22.9. The van der Waals surface area contributed by atoms with Crippen molar-refractivity contribution in [3.8, 4) is 0 Å². The maximum Gasteiger partial charge on any atom is 0.318 e. The van der Waals surface area contributed by atoms with Gasteiger partial charge in [-0.1, -0.05) is 41.5 Å². The van der Waals surface area contributed by atoms with Gasteiger partial charge < -0.3 is 15.2 Å². The zero-order chi connectivity index (χ0) is 20.9. The minimum Gasteiger partial charge on any atom is -0.481 e. The number of nitrogens with zero attached hydrogens (tertiary/aromatic N) is 1. The van der Waals surface area contributed by atoms with Crippen molar-refractivity contribution in [2.45, 2.75) is 38.5 Å². The number of halogens is 3. The summed E-state index contributed by atoms with van der Waals surface area (Å²) in [6, 6.07) is 5.03. The van der Waals surface area contributed by atoms with Crippen LogP contribution in [0.5, 0.6) is 0 Å². The van der Waals surface area contributed by atoms with Crippen molar-refractivity contribution in [2.24, 2.45) is 0 Å². The van der Waals surface area contributed by atoms with E-state index in [1.54, 1.807) is 25.1 Å². The lowest BCUT2D eigenvalue weighted by Crippen LogP contribution is -2.38. The quantitative estimate of drug-likeness (QED) is 0.401. The number of rotatable bonds is 9. The Bertz CT molecular complexity index is 877. The number of carboxylic acids is 1. The molecule has 0 aliphatic rings. The average Bonchev–Trinajstić information content (AvgIpc) is 2.99. The molecule has 0 bridgehead atoms. The second kappa shape index (κ2) is 9.91. The Balaban J connectivity index is 2.43. The number of carbonyl (C=O) groups is 2. The predicted octanol–water partition coefficient (Wildman–Crippen LogP) is 6.03. The average molecular weight is 510 g/mol. The second-order valence-corrected chi connectivity index (χ2v) is 9.10. The number of esters is 1. The lowest BCUT2D eigenvalue weighted by molar-refractivity contribution is -0.151. The molecule has 2 aromatic rings. The Labute approximate surface area is 185 Å². The molecule has 0 spiro atoms. The fraction of sp³-hybridized carbons (Fsp3) is 0.389. The second-order valence-electron chi connectivity index (χ2n) is 5.94. The van der Waals surface area contributed by atoms with Crippen LogP contribution in [0.4, 0.5) is 10.8 Å². The molecule has 1 heterocycles. The molecule has 1 atom stereocenters. The van der Waals surface area contributed by atoms with Crippen LogP contribution in [-0.4, -0.2) is 28.6 Å². The number of carbonyl (C=O) groups excluding carboxylic acids is 1. The minimum atomic E-state index is -1.16. The van der Waals surface area contributed by atoms with Crippen molar-refractivity contribution in [3.05, 3.63) is 37.7 Å². The van der Waals surface area contributed by atoms with Gasteiger partial charge >= 0.3 is 11.9 Å². The highest BCUT2D eigenvalue weighted by atomic mass is 79.9. The van der Waals surface area contributed by atoms with Crippen LogP contribution in [0.25, 0.3) is 0 Å². The molecular formula is C18H19BrCl2N2O4S. The normalized spacial score (nSPS) is 13.0. The van der Waals surface area contributed by atoms with Crippen molar-refractivity contribution in [3.63, 3.8) is 0 Å². The van der Waals surface area contributed by atoms with E-state index in [-0.39, 0.29) is 19.4 Å². The third-order valence-corrected chi connectivity index (χ3v) is 6.42. The Hall–Kier alpha value is -1.35. The molecule has 6 nitrogen and oxygen atoms in total. The topological polar surface area (TPSA) is 88.5 Å². The molecule has 152 valence electrons. The first-order valence-corrected chi connectivity index (χ1v) is 10.9. The van der Waals surface area contributed by atoms with Gasteiger partial charge in [0.1, 0.15) is 5.41 Å². The third kappa shape index (κ3) is 5.17. The molecule has 0 saturated carbocycles. The van der Waals surface area contributed by atoms with Crippen LogP contribution >= 0.6 is 50.5 Å². The summed E-state index contributed by atoms with van der Waals surface area (Å²) in [6.45, 7) is 3.72. The molecule has 0 aliphatic heterocycles. The summed E-state index contributed by atoms with van der Waals surface area (Å²) in [7, 11) is 0. The number of anilines is 2. The summed E-state index contributed by atoms with van der Waals surface area (Å²) in [6.07, 6.45) is 0.256. The highest BCUT2D eigenvalue weighted by Crippen LogP contribution is 2.43. The molecule has 1 aromatic carbocycles. The first-order chi connectivity index (χ1) is 13.2. The fourth-order valence-corrected chi connectivity index (χ4v) is 4.94. The summed E-state index contributed by atoms with van der Waals surface area (Å²) in [4.78, 5) is 28.5. The molecule has 10 heteroatoms. The van der Waals surface area contributed by atoms with E-state index in [1.165, 1.54) is 11.3 Å². The van der Waals surface area contributed by atoms with Gasteiger partial charge in [0.2, 0.25) is 0 Å². The van der Waals surface area contributed by atoms with Gasteiger partial charge in [0.25, 0.3) is 0 Å². The van der Waals surface area contributed by atoms with Crippen LogP contribution in [0, 0.1) is 0 Å². The number of nitrogens with one attached hydrogen (secondary N) is 1. The summed E-state index contributed by atoms with van der Waals surface area (Å²) in [5.74, 6) is -1.47. The smallest absolute Gasteiger partial charge is 0.318 e. The van der Waals surface area contributed by atoms with Crippen molar-refractivity contribution < 1.29 is 19.4 Å². The Morgan fingerprint density at radius 2 is 2.07 bits per heavy atom. The zero-order valence-electron chi connectivity index (χ0n) is 15.2. The molecule has 0 fully saturated rings. The van der Waals surface area contributed by atoms with E-state index in [0.29, 0.717) is 36.8 Å². The SMILES string of the molecule is CCOC(=O)C(CC)(CCC(=O)O)c1nc(Nc2ccc(Cl)cc2Cl)sc1Br. The molecule has 0 radical (unpaired) electrons. The first-order valence-electron chi connectivity index (χ1n) is 8.51. The summed E-state index contributed by atoms with van der Waals surface area (Å²) in [5, 5.41) is 13.7. The van der Waals surface area contributed by atoms with Crippen LogP contribution in [-0.2, 0) is 19.7 Å². The fourth-order valence-electron chi connectivity index (χ4n) is 2.75. The molecule has 0 aliphatic carbocycles. The standard InChI is InChI=1S/C18H19BrCl2N2O4S/c1-3-18(8-7-13(24)25,16(26)27-4-2)14-15(19)28-17(23-14)22-12-6-5-10(20)9-11(12)21/h5-6,9H,3-4,7-8H2,1-2H3,(H,22,23)(H,24,25). The van der Waals surface area contributed by atoms with Gasteiger partial charge in [-0.05, 0) is 53.9 Å². The van der Waals surface area contributed by atoms with Crippen LogP contribution < -0.4 is 5.32 Å². The number of carboxylic acid groups (broad SMARTS) is 1. The maximum absolute atomic E-state index is 12.8. The van der Waals surface area contributed by atoms with Crippen LogP contribution in [0.1, 0.15) is 38.8 Å². The van der Waals surface area contributed by atoms with Crippen LogP contribution in [0.15, 0.2) is 22.0 Å². The number of hydrogen-bond donors (Lipinski definition) is 2. The lowest BCUT2D eigenvalue weighted by atomic mass is 9.78. The van der Waals surface area contributed by atoms with Crippen molar-refractivity contribution >= 4 is 73.2 Å².